The molecule has 0 aromatic carbocycles. The van der Waals surface area contributed by atoms with Crippen molar-refractivity contribution in [1.29, 1.82) is 0 Å². The molecule has 0 aliphatic rings. The second-order valence-electron chi connectivity index (χ2n) is 2.88. The predicted molar refractivity (Wildman–Crippen MR) is 52.9 cm³/mol. The zero-order chi connectivity index (χ0) is 9.80. The van der Waals surface area contributed by atoms with Gasteiger partial charge < -0.3 is 9.88 Å². The summed E-state index contributed by atoms with van der Waals surface area (Å²) in [6.07, 6.45) is 8.87. The number of hydrogen-bond acceptors (Lipinski definition) is 4. The molecule has 72 valence electrons. The zero-order valence-electron chi connectivity index (χ0n) is 7.88. The van der Waals surface area contributed by atoms with Gasteiger partial charge in [0.1, 0.15) is 5.82 Å². The van der Waals surface area contributed by atoms with Gasteiger partial charge in [-0.05, 0) is 0 Å². The molecule has 0 radical (unpaired) electrons. The number of aromatic nitrogens is 4. The first-order valence-corrected chi connectivity index (χ1v) is 4.33. The van der Waals surface area contributed by atoms with Crippen molar-refractivity contribution in [1.82, 2.24) is 19.5 Å². The maximum Gasteiger partial charge on any atom is 0.144 e. The van der Waals surface area contributed by atoms with Crippen molar-refractivity contribution in [2.24, 2.45) is 0 Å². The molecule has 14 heavy (non-hydrogen) atoms. The highest BCUT2D eigenvalue weighted by Crippen LogP contribution is 2.01. The maximum atomic E-state index is 4.25. The molecule has 0 aliphatic heterocycles. The Hall–Kier alpha value is -1.91. The van der Waals surface area contributed by atoms with Crippen LogP contribution in [0.4, 0.5) is 5.82 Å². The van der Waals surface area contributed by atoms with Gasteiger partial charge in [0.05, 0.1) is 31.0 Å². The topological polar surface area (TPSA) is 55.6 Å². The van der Waals surface area contributed by atoms with Gasteiger partial charge in [0.2, 0.25) is 0 Å². The molecule has 0 spiro atoms. The lowest BCUT2D eigenvalue weighted by Crippen LogP contribution is -2.01. The van der Waals surface area contributed by atoms with Crippen LogP contribution in [0, 0.1) is 0 Å². The molecule has 2 rings (SSSR count). The van der Waals surface area contributed by atoms with Crippen LogP contribution in [0.15, 0.2) is 31.1 Å². The average molecular weight is 189 g/mol. The molecule has 2 aromatic rings. The van der Waals surface area contributed by atoms with Crippen molar-refractivity contribution >= 4 is 5.82 Å². The number of rotatable bonds is 3. The third kappa shape index (κ3) is 1.87. The zero-order valence-corrected chi connectivity index (χ0v) is 7.88. The van der Waals surface area contributed by atoms with Crippen LogP contribution in [0.25, 0.3) is 0 Å². The van der Waals surface area contributed by atoms with Crippen LogP contribution in [0.2, 0.25) is 0 Å². The first-order valence-electron chi connectivity index (χ1n) is 4.33. The Morgan fingerprint density at radius 1 is 1.36 bits per heavy atom. The molecule has 0 aliphatic carbocycles. The summed E-state index contributed by atoms with van der Waals surface area (Å²) in [5, 5.41) is 2.92. The Balaban J connectivity index is 2.10. The van der Waals surface area contributed by atoms with Crippen LogP contribution < -0.4 is 5.32 Å². The largest absolute Gasteiger partial charge is 0.372 e. The van der Waals surface area contributed by atoms with E-state index in [2.05, 4.69) is 20.3 Å². The van der Waals surface area contributed by atoms with Crippen LogP contribution in [0.5, 0.6) is 0 Å². The SMILES string of the molecule is CNc1cnc(Cn2ccnc2)cn1. The summed E-state index contributed by atoms with van der Waals surface area (Å²) < 4.78 is 1.95. The molecule has 0 saturated carbocycles. The summed E-state index contributed by atoms with van der Waals surface area (Å²) in [6.45, 7) is 0.705. The van der Waals surface area contributed by atoms with Gasteiger partial charge in [-0.3, -0.25) is 4.98 Å². The smallest absolute Gasteiger partial charge is 0.144 e. The molecule has 2 heterocycles. The van der Waals surface area contributed by atoms with E-state index < -0.39 is 0 Å². The Kier molecular flexibility index (Phi) is 2.40. The number of imidazole rings is 1. The van der Waals surface area contributed by atoms with Crippen molar-refractivity contribution in [3.8, 4) is 0 Å². The molecule has 0 atom stereocenters. The van der Waals surface area contributed by atoms with Gasteiger partial charge in [-0.15, -0.1) is 0 Å². The Bertz CT molecular complexity index is 378. The molecule has 0 saturated heterocycles. The molecule has 1 N–H and O–H groups in total. The Labute approximate surface area is 81.8 Å². The van der Waals surface area contributed by atoms with Crippen molar-refractivity contribution in [3.05, 3.63) is 36.8 Å². The predicted octanol–water partition coefficient (Wildman–Crippen LogP) is 0.763. The summed E-state index contributed by atoms with van der Waals surface area (Å²) in [5.41, 5.74) is 0.919. The van der Waals surface area contributed by atoms with Gasteiger partial charge in [0.15, 0.2) is 0 Å². The first-order chi connectivity index (χ1) is 6.88. The number of nitrogens with zero attached hydrogens (tertiary/aromatic N) is 4. The molecule has 0 amide bonds. The monoisotopic (exact) mass is 189 g/mol. The minimum Gasteiger partial charge on any atom is -0.372 e. The van der Waals surface area contributed by atoms with E-state index >= 15 is 0 Å². The van der Waals surface area contributed by atoms with Gasteiger partial charge in [-0.25, -0.2) is 9.97 Å². The van der Waals surface area contributed by atoms with Crippen LogP contribution in [0.3, 0.4) is 0 Å². The molecule has 0 bridgehead atoms. The van der Waals surface area contributed by atoms with Crippen molar-refractivity contribution in [3.63, 3.8) is 0 Å². The second-order valence-corrected chi connectivity index (χ2v) is 2.88. The summed E-state index contributed by atoms with van der Waals surface area (Å²) in [4.78, 5) is 12.4. The normalized spacial score (nSPS) is 10.1. The lowest BCUT2D eigenvalue weighted by Gasteiger charge is -2.02. The van der Waals surface area contributed by atoms with Gasteiger partial charge in [-0.1, -0.05) is 0 Å². The third-order valence-electron chi connectivity index (χ3n) is 1.87. The van der Waals surface area contributed by atoms with Gasteiger partial charge in [-0.2, -0.15) is 0 Å². The maximum absolute atomic E-state index is 4.25. The summed E-state index contributed by atoms with van der Waals surface area (Å²) in [5.74, 6) is 0.777. The molecule has 0 fully saturated rings. The fourth-order valence-electron chi connectivity index (χ4n) is 1.13. The van der Waals surface area contributed by atoms with E-state index in [1.807, 2.05) is 17.8 Å². The molecule has 2 aromatic heterocycles. The van der Waals surface area contributed by atoms with Crippen LogP contribution in [-0.2, 0) is 6.54 Å². The molecular weight excluding hydrogens is 178 g/mol. The molecule has 5 nitrogen and oxygen atoms in total. The lowest BCUT2D eigenvalue weighted by atomic mass is 10.4. The summed E-state index contributed by atoms with van der Waals surface area (Å²) in [6, 6.07) is 0. The third-order valence-corrected chi connectivity index (χ3v) is 1.87. The number of nitrogens with one attached hydrogen (secondary N) is 1. The van der Waals surface area contributed by atoms with E-state index in [1.165, 1.54) is 0 Å². The van der Waals surface area contributed by atoms with Crippen LogP contribution in [-0.4, -0.2) is 26.6 Å². The van der Waals surface area contributed by atoms with E-state index in [1.54, 1.807) is 24.9 Å². The van der Waals surface area contributed by atoms with E-state index in [4.69, 9.17) is 0 Å². The van der Waals surface area contributed by atoms with E-state index in [0.717, 1.165) is 11.5 Å². The fraction of sp³-hybridized carbons (Fsp3) is 0.222. The van der Waals surface area contributed by atoms with Gasteiger partial charge >= 0.3 is 0 Å². The highest BCUT2D eigenvalue weighted by molar-refractivity contribution is 5.29. The Morgan fingerprint density at radius 2 is 2.29 bits per heavy atom. The molecule has 5 heteroatoms. The van der Waals surface area contributed by atoms with E-state index in [-0.39, 0.29) is 0 Å². The molecular formula is C9H11N5. The van der Waals surface area contributed by atoms with Crippen LogP contribution >= 0.6 is 0 Å². The minimum absolute atomic E-state index is 0.705. The molecule has 0 unspecified atom stereocenters. The van der Waals surface area contributed by atoms with Crippen molar-refractivity contribution in [2.75, 3.05) is 12.4 Å². The standard InChI is InChI=1S/C9H11N5/c1-10-9-5-12-8(4-13-9)6-14-3-2-11-7-14/h2-5,7H,6H2,1H3,(H,10,13). The number of hydrogen-bond donors (Lipinski definition) is 1. The highest BCUT2D eigenvalue weighted by atomic mass is 15.0. The summed E-state index contributed by atoms with van der Waals surface area (Å²) in [7, 11) is 1.82. The first kappa shape index (κ1) is 8.68. The van der Waals surface area contributed by atoms with Gasteiger partial charge in [0, 0.05) is 19.4 Å². The second kappa shape index (κ2) is 3.87. The Morgan fingerprint density at radius 3 is 2.86 bits per heavy atom. The summed E-state index contributed by atoms with van der Waals surface area (Å²) >= 11 is 0. The minimum atomic E-state index is 0.705. The van der Waals surface area contributed by atoms with E-state index in [9.17, 15) is 0 Å². The van der Waals surface area contributed by atoms with Crippen LogP contribution in [0.1, 0.15) is 5.69 Å². The number of anilines is 1. The van der Waals surface area contributed by atoms with Crippen molar-refractivity contribution in [2.45, 2.75) is 6.54 Å². The quantitative estimate of drug-likeness (QED) is 0.774. The highest BCUT2D eigenvalue weighted by Gasteiger charge is 1.96. The van der Waals surface area contributed by atoms with Crippen molar-refractivity contribution < 1.29 is 0 Å². The van der Waals surface area contributed by atoms with Gasteiger partial charge in [0.25, 0.3) is 0 Å². The average Bonchev–Trinajstić information content (AvgIpc) is 2.72. The van der Waals surface area contributed by atoms with E-state index in [0.29, 0.717) is 6.54 Å². The lowest BCUT2D eigenvalue weighted by molar-refractivity contribution is 0.767. The fourth-order valence-corrected chi connectivity index (χ4v) is 1.13.